The molecule has 0 aromatic heterocycles. The summed E-state index contributed by atoms with van der Waals surface area (Å²) in [6.45, 7) is 1.59. The maximum Gasteiger partial charge on any atom is 0.325 e. The van der Waals surface area contributed by atoms with Crippen molar-refractivity contribution in [3.8, 4) is 5.75 Å². The van der Waals surface area contributed by atoms with E-state index in [0.29, 0.717) is 5.75 Å². The maximum atomic E-state index is 10.6. The highest BCUT2D eigenvalue weighted by molar-refractivity contribution is 5.76. The van der Waals surface area contributed by atoms with Gasteiger partial charge in [0.15, 0.2) is 0 Å². The van der Waals surface area contributed by atoms with Crippen LogP contribution < -0.4 is 10.1 Å². The predicted molar refractivity (Wildman–Crippen MR) is 53.7 cm³/mol. The Morgan fingerprint density at radius 1 is 1.57 bits per heavy atom. The fraction of sp³-hybridized carbons (Fsp3) is 0.300. The van der Waals surface area contributed by atoms with E-state index >= 15 is 0 Å². The van der Waals surface area contributed by atoms with Gasteiger partial charge in [-0.25, -0.2) is 0 Å². The van der Waals surface area contributed by atoms with Crippen LogP contribution in [0.15, 0.2) is 24.3 Å². The van der Waals surface area contributed by atoms with Crippen LogP contribution in [0.1, 0.15) is 6.92 Å². The molecule has 0 aliphatic rings. The van der Waals surface area contributed by atoms with Crippen molar-refractivity contribution in [2.75, 3.05) is 12.4 Å². The normalized spacial score (nSPS) is 11.9. The first kappa shape index (κ1) is 10.4. The molecule has 0 fully saturated rings. The van der Waals surface area contributed by atoms with Gasteiger partial charge in [0.2, 0.25) is 0 Å². The smallest absolute Gasteiger partial charge is 0.325 e. The van der Waals surface area contributed by atoms with Crippen molar-refractivity contribution in [1.29, 1.82) is 0 Å². The zero-order valence-electron chi connectivity index (χ0n) is 8.15. The largest absolute Gasteiger partial charge is 0.497 e. The summed E-state index contributed by atoms with van der Waals surface area (Å²) in [5.41, 5.74) is 0.735. The van der Waals surface area contributed by atoms with E-state index in [1.165, 1.54) is 0 Å². The number of rotatable bonds is 4. The Labute approximate surface area is 82.5 Å². The monoisotopic (exact) mass is 195 g/mol. The number of aliphatic carboxylic acids is 1. The quantitative estimate of drug-likeness (QED) is 0.765. The van der Waals surface area contributed by atoms with E-state index in [-0.39, 0.29) is 0 Å². The summed E-state index contributed by atoms with van der Waals surface area (Å²) in [4.78, 5) is 10.6. The van der Waals surface area contributed by atoms with E-state index in [2.05, 4.69) is 5.32 Å². The van der Waals surface area contributed by atoms with Gasteiger partial charge in [-0.1, -0.05) is 6.07 Å². The third-order valence-corrected chi connectivity index (χ3v) is 1.82. The van der Waals surface area contributed by atoms with Crippen molar-refractivity contribution in [3.63, 3.8) is 0 Å². The van der Waals surface area contributed by atoms with Gasteiger partial charge in [0.1, 0.15) is 11.8 Å². The molecule has 0 radical (unpaired) electrons. The van der Waals surface area contributed by atoms with Gasteiger partial charge in [0.05, 0.1) is 7.11 Å². The summed E-state index contributed by atoms with van der Waals surface area (Å²) < 4.78 is 5.01. The molecule has 1 aromatic rings. The van der Waals surface area contributed by atoms with Gasteiger partial charge in [-0.05, 0) is 19.1 Å². The second-order valence-electron chi connectivity index (χ2n) is 2.94. The van der Waals surface area contributed by atoms with Crippen molar-refractivity contribution < 1.29 is 14.6 Å². The molecule has 0 aliphatic carbocycles. The number of nitrogens with one attached hydrogen (secondary N) is 1. The van der Waals surface area contributed by atoms with Gasteiger partial charge in [-0.2, -0.15) is 0 Å². The van der Waals surface area contributed by atoms with Gasteiger partial charge in [0, 0.05) is 11.8 Å². The fourth-order valence-corrected chi connectivity index (χ4v) is 1.02. The molecule has 14 heavy (non-hydrogen) atoms. The molecule has 0 heterocycles. The van der Waals surface area contributed by atoms with E-state index in [1.54, 1.807) is 38.3 Å². The van der Waals surface area contributed by atoms with Crippen LogP contribution in [-0.2, 0) is 4.79 Å². The zero-order valence-corrected chi connectivity index (χ0v) is 8.15. The number of ether oxygens (including phenoxy) is 1. The lowest BCUT2D eigenvalue weighted by atomic mass is 10.2. The molecule has 0 saturated heterocycles. The van der Waals surface area contributed by atoms with Crippen molar-refractivity contribution in [2.45, 2.75) is 13.0 Å². The number of carbonyl (C=O) groups is 1. The minimum absolute atomic E-state index is 0.609. The van der Waals surface area contributed by atoms with Crippen molar-refractivity contribution in [3.05, 3.63) is 24.3 Å². The first-order valence-corrected chi connectivity index (χ1v) is 4.27. The summed E-state index contributed by atoms with van der Waals surface area (Å²) >= 11 is 0. The van der Waals surface area contributed by atoms with E-state index < -0.39 is 12.0 Å². The molecule has 1 rings (SSSR count). The summed E-state index contributed by atoms with van der Waals surface area (Å²) in [5.74, 6) is -0.180. The van der Waals surface area contributed by atoms with Crippen molar-refractivity contribution >= 4 is 11.7 Å². The van der Waals surface area contributed by atoms with Crippen LogP contribution in [0.4, 0.5) is 5.69 Å². The van der Waals surface area contributed by atoms with Crippen molar-refractivity contribution in [2.24, 2.45) is 0 Å². The Morgan fingerprint density at radius 3 is 2.86 bits per heavy atom. The molecular formula is C10H13NO3. The molecule has 0 spiro atoms. The Bertz CT molecular complexity index is 325. The Kier molecular flexibility index (Phi) is 3.34. The number of carboxylic acids is 1. The standard InChI is InChI=1S/C10H13NO3/c1-7(10(12)13)11-8-4-3-5-9(6-8)14-2/h3-7,11H,1-2H3,(H,12,13). The third-order valence-electron chi connectivity index (χ3n) is 1.82. The first-order chi connectivity index (χ1) is 6.63. The highest BCUT2D eigenvalue weighted by atomic mass is 16.5. The Hall–Kier alpha value is -1.71. The lowest BCUT2D eigenvalue weighted by Crippen LogP contribution is -2.25. The van der Waals surface area contributed by atoms with Crippen LogP contribution in [-0.4, -0.2) is 24.2 Å². The SMILES string of the molecule is COc1cccc(NC(C)C(=O)O)c1. The highest BCUT2D eigenvalue weighted by Gasteiger charge is 2.09. The van der Waals surface area contributed by atoms with Crippen molar-refractivity contribution in [1.82, 2.24) is 0 Å². The van der Waals surface area contributed by atoms with E-state index in [1.807, 2.05) is 0 Å². The van der Waals surface area contributed by atoms with Gasteiger partial charge in [0.25, 0.3) is 0 Å². The average Bonchev–Trinajstić information content (AvgIpc) is 2.18. The lowest BCUT2D eigenvalue weighted by Gasteiger charge is -2.11. The van der Waals surface area contributed by atoms with Gasteiger partial charge < -0.3 is 15.2 Å². The molecule has 0 aliphatic heterocycles. The maximum absolute atomic E-state index is 10.6. The van der Waals surface area contributed by atoms with Crippen LogP contribution >= 0.6 is 0 Å². The number of methoxy groups -OCH3 is 1. The topological polar surface area (TPSA) is 58.6 Å². The first-order valence-electron chi connectivity index (χ1n) is 4.27. The molecule has 76 valence electrons. The van der Waals surface area contributed by atoms with E-state index in [4.69, 9.17) is 9.84 Å². The molecule has 4 heteroatoms. The minimum Gasteiger partial charge on any atom is -0.497 e. The number of benzene rings is 1. The summed E-state index contributed by atoms with van der Waals surface area (Å²) in [6.07, 6.45) is 0. The lowest BCUT2D eigenvalue weighted by molar-refractivity contribution is -0.137. The molecular weight excluding hydrogens is 182 g/mol. The van der Waals surface area contributed by atoms with Crippen LogP contribution in [0.2, 0.25) is 0 Å². The number of hydrogen-bond donors (Lipinski definition) is 2. The van der Waals surface area contributed by atoms with Gasteiger partial charge in [-0.15, -0.1) is 0 Å². The number of carboxylic acid groups (broad SMARTS) is 1. The van der Waals surface area contributed by atoms with Crippen LogP contribution in [0.25, 0.3) is 0 Å². The Morgan fingerprint density at radius 2 is 2.29 bits per heavy atom. The second kappa shape index (κ2) is 4.50. The molecule has 0 saturated carbocycles. The molecule has 1 unspecified atom stereocenters. The predicted octanol–water partition coefficient (Wildman–Crippen LogP) is 1.58. The summed E-state index contributed by atoms with van der Waals surface area (Å²) in [5, 5.41) is 11.5. The minimum atomic E-state index is -0.882. The van der Waals surface area contributed by atoms with Crippen LogP contribution in [0.5, 0.6) is 5.75 Å². The summed E-state index contributed by atoms with van der Waals surface area (Å²) in [6, 6.07) is 6.54. The van der Waals surface area contributed by atoms with Crippen LogP contribution in [0.3, 0.4) is 0 Å². The van der Waals surface area contributed by atoms with Crippen LogP contribution in [0, 0.1) is 0 Å². The van der Waals surface area contributed by atoms with Gasteiger partial charge >= 0.3 is 5.97 Å². The van der Waals surface area contributed by atoms with E-state index in [9.17, 15) is 4.79 Å². The zero-order chi connectivity index (χ0) is 10.6. The highest BCUT2D eigenvalue weighted by Crippen LogP contribution is 2.17. The summed E-state index contributed by atoms with van der Waals surface area (Å²) in [7, 11) is 1.57. The second-order valence-corrected chi connectivity index (χ2v) is 2.94. The third kappa shape index (κ3) is 2.65. The molecule has 0 amide bonds. The molecule has 1 atom stereocenters. The number of anilines is 1. The number of hydrogen-bond acceptors (Lipinski definition) is 3. The Balaban J connectivity index is 2.71. The van der Waals surface area contributed by atoms with Gasteiger partial charge in [-0.3, -0.25) is 4.79 Å². The fourth-order valence-electron chi connectivity index (χ4n) is 1.02. The average molecular weight is 195 g/mol. The molecule has 2 N–H and O–H groups in total. The molecule has 0 bridgehead atoms. The molecule has 4 nitrogen and oxygen atoms in total. The molecule has 1 aromatic carbocycles. The van der Waals surface area contributed by atoms with E-state index in [0.717, 1.165) is 5.69 Å².